The van der Waals surface area contributed by atoms with E-state index in [1.54, 1.807) is 18.2 Å². The number of amides is 1. The van der Waals surface area contributed by atoms with Crippen molar-refractivity contribution in [2.75, 3.05) is 5.32 Å². The molecule has 4 rings (SSSR count). The summed E-state index contributed by atoms with van der Waals surface area (Å²) >= 11 is 0. The number of hydrogen-bond acceptors (Lipinski definition) is 4. The van der Waals surface area contributed by atoms with Crippen molar-refractivity contribution in [2.24, 2.45) is 0 Å². The van der Waals surface area contributed by atoms with Gasteiger partial charge in [0.2, 0.25) is 0 Å². The molecule has 1 heterocycles. The minimum atomic E-state index is -0.890. The van der Waals surface area contributed by atoms with Crippen LogP contribution in [0.3, 0.4) is 0 Å². The molecule has 0 spiro atoms. The van der Waals surface area contributed by atoms with Gasteiger partial charge in [0.15, 0.2) is 6.10 Å². The highest BCUT2D eigenvalue weighted by Gasteiger charge is 2.23. The Morgan fingerprint density at radius 3 is 2.30 bits per heavy atom. The van der Waals surface area contributed by atoms with Gasteiger partial charge in [-0.05, 0) is 68.7 Å². The fourth-order valence-corrected chi connectivity index (χ4v) is 3.77. The highest BCUT2D eigenvalue weighted by Crippen LogP contribution is 2.22. The van der Waals surface area contributed by atoms with Crippen molar-refractivity contribution in [3.8, 4) is 11.4 Å². The number of carbonyl (C=O) groups excluding carboxylic acids is 2. The molecule has 1 unspecified atom stereocenters. The number of carbonyl (C=O) groups is 2. The number of aryl methyl sites for hydroxylation is 3. The summed E-state index contributed by atoms with van der Waals surface area (Å²) in [5.41, 5.74) is 6.77. The van der Waals surface area contributed by atoms with Crippen LogP contribution in [0.4, 0.5) is 5.69 Å². The van der Waals surface area contributed by atoms with Crippen LogP contribution in [0.5, 0.6) is 0 Å². The maximum Gasteiger partial charge on any atom is 0.338 e. The lowest BCUT2D eigenvalue weighted by atomic mass is 10.1. The molecule has 1 aromatic heterocycles. The van der Waals surface area contributed by atoms with Crippen LogP contribution in [0.15, 0.2) is 60.7 Å². The first-order valence-corrected chi connectivity index (χ1v) is 11.0. The van der Waals surface area contributed by atoms with E-state index in [0.29, 0.717) is 17.7 Å². The summed E-state index contributed by atoms with van der Waals surface area (Å²) in [7, 11) is 0. The number of rotatable bonds is 6. The quantitative estimate of drug-likeness (QED) is 0.374. The molecule has 168 valence electrons. The van der Waals surface area contributed by atoms with Crippen molar-refractivity contribution in [1.29, 1.82) is 0 Å². The molecule has 0 saturated carbocycles. The third-order valence-electron chi connectivity index (χ3n) is 5.44. The molecule has 0 aliphatic carbocycles. The van der Waals surface area contributed by atoms with Crippen molar-refractivity contribution in [2.45, 2.75) is 40.2 Å². The van der Waals surface area contributed by atoms with Crippen LogP contribution in [0.25, 0.3) is 22.4 Å². The number of nitrogens with one attached hydrogen (secondary N) is 2. The van der Waals surface area contributed by atoms with Gasteiger partial charge in [-0.3, -0.25) is 4.79 Å². The van der Waals surface area contributed by atoms with Gasteiger partial charge in [0.25, 0.3) is 5.91 Å². The molecule has 6 heteroatoms. The summed E-state index contributed by atoms with van der Waals surface area (Å²) in [6.45, 7) is 7.78. The molecule has 4 aromatic rings. The molecule has 0 aliphatic rings. The lowest BCUT2D eigenvalue weighted by Gasteiger charge is -2.16. The minimum Gasteiger partial charge on any atom is -0.449 e. The Labute approximate surface area is 193 Å². The maximum atomic E-state index is 12.8. The highest BCUT2D eigenvalue weighted by molar-refractivity contribution is 5.99. The van der Waals surface area contributed by atoms with Crippen LogP contribution in [0.1, 0.15) is 40.4 Å². The third-order valence-corrected chi connectivity index (χ3v) is 5.44. The number of aromatic amines is 1. The smallest absolute Gasteiger partial charge is 0.338 e. The van der Waals surface area contributed by atoms with Crippen LogP contribution >= 0.6 is 0 Å². The number of H-pyrrole nitrogens is 1. The van der Waals surface area contributed by atoms with E-state index in [2.05, 4.69) is 15.3 Å². The molecule has 0 radical (unpaired) electrons. The number of ether oxygens (including phenoxy) is 1. The number of benzene rings is 3. The normalized spacial score (nSPS) is 11.9. The highest BCUT2D eigenvalue weighted by atomic mass is 16.5. The Kier molecular flexibility index (Phi) is 6.27. The zero-order valence-electron chi connectivity index (χ0n) is 19.2. The summed E-state index contributed by atoms with van der Waals surface area (Å²) in [5, 5.41) is 2.85. The number of nitrogens with zero attached hydrogens (tertiary/aromatic N) is 1. The predicted octanol–water partition coefficient (Wildman–Crippen LogP) is 5.73. The second-order valence-corrected chi connectivity index (χ2v) is 8.35. The Morgan fingerprint density at radius 2 is 1.64 bits per heavy atom. The Bertz CT molecular complexity index is 1300. The van der Waals surface area contributed by atoms with Gasteiger partial charge in [0, 0.05) is 11.3 Å². The molecule has 33 heavy (non-hydrogen) atoms. The third kappa shape index (κ3) is 5.12. The van der Waals surface area contributed by atoms with E-state index in [4.69, 9.17) is 4.74 Å². The summed E-state index contributed by atoms with van der Waals surface area (Å²) in [5.74, 6) is -0.166. The standard InChI is InChI=1S/C27H27N3O3/c1-5-24(26(31)28-21-13-17(3)12-18(4)14-21)33-27(32)20-10-11-22-23(15-20)30-25(29-22)19-8-6-16(2)7-9-19/h6-15,24H,5H2,1-4H3,(H,28,31)(H,29,30). The van der Waals surface area contributed by atoms with Crippen molar-refractivity contribution in [3.63, 3.8) is 0 Å². The first-order valence-electron chi connectivity index (χ1n) is 11.0. The number of fused-ring (bicyclic) bond motifs is 1. The van der Waals surface area contributed by atoms with Crippen LogP contribution in [-0.2, 0) is 9.53 Å². The molecule has 1 atom stereocenters. The van der Waals surface area contributed by atoms with E-state index < -0.39 is 12.1 Å². The Morgan fingerprint density at radius 1 is 0.939 bits per heavy atom. The fraction of sp³-hybridized carbons (Fsp3) is 0.222. The molecule has 1 amide bonds. The molecule has 3 aromatic carbocycles. The van der Waals surface area contributed by atoms with Crippen molar-refractivity contribution in [3.05, 3.63) is 82.9 Å². The van der Waals surface area contributed by atoms with E-state index in [9.17, 15) is 9.59 Å². The van der Waals surface area contributed by atoms with E-state index in [0.717, 1.165) is 33.5 Å². The number of aromatic nitrogens is 2. The van der Waals surface area contributed by atoms with Gasteiger partial charge < -0.3 is 15.0 Å². The second-order valence-electron chi connectivity index (χ2n) is 8.35. The molecular weight excluding hydrogens is 414 g/mol. The fourth-order valence-electron chi connectivity index (χ4n) is 3.77. The van der Waals surface area contributed by atoms with Gasteiger partial charge >= 0.3 is 5.97 Å². The Hall–Kier alpha value is -3.93. The number of esters is 1. The molecule has 0 aliphatic heterocycles. The number of imidazole rings is 1. The van der Waals surface area contributed by atoms with Gasteiger partial charge in [-0.15, -0.1) is 0 Å². The van der Waals surface area contributed by atoms with Crippen LogP contribution in [0, 0.1) is 20.8 Å². The summed E-state index contributed by atoms with van der Waals surface area (Å²) in [6, 6.07) is 19.0. The maximum absolute atomic E-state index is 12.8. The zero-order chi connectivity index (χ0) is 23.5. The predicted molar refractivity (Wildman–Crippen MR) is 130 cm³/mol. The van der Waals surface area contributed by atoms with Crippen molar-refractivity contribution in [1.82, 2.24) is 9.97 Å². The monoisotopic (exact) mass is 441 g/mol. The largest absolute Gasteiger partial charge is 0.449 e. The zero-order valence-corrected chi connectivity index (χ0v) is 19.2. The number of anilines is 1. The average molecular weight is 442 g/mol. The van der Waals surface area contributed by atoms with E-state index >= 15 is 0 Å². The minimum absolute atomic E-state index is 0.347. The molecule has 0 fully saturated rings. The Balaban J connectivity index is 1.49. The summed E-state index contributed by atoms with van der Waals surface area (Å²) in [4.78, 5) is 33.4. The SMILES string of the molecule is CCC(OC(=O)c1ccc2nc(-c3ccc(C)cc3)[nH]c2c1)C(=O)Nc1cc(C)cc(C)c1. The van der Waals surface area contributed by atoms with Crippen molar-refractivity contribution >= 4 is 28.6 Å². The van der Waals surface area contributed by atoms with Crippen LogP contribution < -0.4 is 5.32 Å². The van der Waals surface area contributed by atoms with E-state index in [1.807, 2.05) is 70.2 Å². The summed E-state index contributed by atoms with van der Waals surface area (Å²) in [6.07, 6.45) is -0.523. The van der Waals surface area contributed by atoms with Gasteiger partial charge in [-0.1, -0.05) is 42.8 Å². The van der Waals surface area contributed by atoms with Gasteiger partial charge in [0.05, 0.1) is 16.6 Å². The molecule has 0 bridgehead atoms. The lowest BCUT2D eigenvalue weighted by molar-refractivity contribution is -0.124. The molecule has 2 N–H and O–H groups in total. The first kappa shape index (κ1) is 22.3. The summed E-state index contributed by atoms with van der Waals surface area (Å²) < 4.78 is 5.55. The number of hydrogen-bond donors (Lipinski definition) is 2. The van der Waals surface area contributed by atoms with Crippen molar-refractivity contribution < 1.29 is 14.3 Å². The first-order chi connectivity index (χ1) is 15.8. The second kappa shape index (κ2) is 9.28. The van der Waals surface area contributed by atoms with Gasteiger partial charge in [0.1, 0.15) is 5.82 Å². The molecule has 6 nitrogen and oxygen atoms in total. The van der Waals surface area contributed by atoms with Gasteiger partial charge in [-0.2, -0.15) is 0 Å². The molecule has 0 saturated heterocycles. The lowest BCUT2D eigenvalue weighted by Crippen LogP contribution is -2.32. The topological polar surface area (TPSA) is 84.1 Å². The van der Waals surface area contributed by atoms with E-state index in [-0.39, 0.29) is 5.91 Å². The average Bonchev–Trinajstić information content (AvgIpc) is 3.20. The molecular formula is C27H27N3O3. The van der Waals surface area contributed by atoms with Crippen LogP contribution in [0.2, 0.25) is 0 Å². The van der Waals surface area contributed by atoms with Crippen LogP contribution in [-0.4, -0.2) is 27.9 Å². The van der Waals surface area contributed by atoms with Gasteiger partial charge in [-0.25, -0.2) is 9.78 Å². The van der Waals surface area contributed by atoms with E-state index in [1.165, 1.54) is 5.56 Å².